The van der Waals surface area contributed by atoms with Gasteiger partial charge in [0.05, 0.1) is 7.11 Å². The highest BCUT2D eigenvalue weighted by atomic mass is 35.5. The van der Waals surface area contributed by atoms with Gasteiger partial charge in [-0.2, -0.15) is 0 Å². The van der Waals surface area contributed by atoms with Gasteiger partial charge in [-0.05, 0) is 18.2 Å². The maximum absolute atomic E-state index is 10.6. The summed E-state index contributed by atoms with van der Waals surface area (Å²) in [6.07, 6.45) is 0. The zero-order valence-electron chi connectivity index (χ0n) is 7.53. The lowest BCUT2D eigenvalue weighted by molar-refractivity contribution is -0.138. The molecule has 0 saturated carbocycles. The van der Waals surface area contributed by atoms with Gasteiger partial charge in [-0.25, -0.2) is 0 Å². The van der Waals surface area contributed by atoms with Crippen LogP contribution in [0.2, 0.25) is 5.02 Å². The van der Waals surface area contributed by atoms with Gasteiger partial charge < -0.3 is 15.6 Å². The van der Waals surface area contributed by atoms with Gasteiger partial charge in [0.25, 0.3) is 0 Å². The molecule has 0 saturated heterocycles. The third-order valence-electron chi connectivity index (χ3n) is 1.80. The molecular weight excluding hydrogens is 206 g/mol. The molecule has 0 amide bonds. The van der Waals surface area contributed by atoms with E-state index in [0.717, 1.165) is 0 Å². The van der Waals surface area contributed by atoms with Gasteiger partial charge in [-0.3, -0.25) is 4.79 Å². The van der Waals surface area contributed by atoms with E-state index in [1.54, 1.807) is 12.1 Å². The summed E-state index contributed by atoms with van der Waals surface area (Å²) in [5.74, 6) is -0.596. The van der Waals surface area contributed by atoms with E-state index in [-0.39, 0.29) is 0 Å². The van der Waals surface area contributed by atoms with E-state index >= 15 is 0 Å². The molecule has 1 rings (SSSR count). The summed E-state index contributed by atoms with van der Waals surface area (Å²) in [6.45, 7) is 0. The monoisotopic (exact) mass is 215 g/mol. The van der Waals surface area contributed by atoms with Crippen molar-refractivity contribution in [1.29, 1.82) is 0 Å². The standard InChI is InChI=1S/C9H10ClNO3/c1-14-5-2-3-7(10)6(4-5)8(11)9(12)13/h2-4,8H,11H2,1H3,(H,12,13). The first-order valence-corrected chi connectivity index (χ1v) is 4.26. The summed E-state index contributed by atoms with van der Waals surface area (Å²) in [5.41, 5.74) is 5.77. The quantitative estimate of drug-likeness (QED) is 0.800. The Morgan fingerprint density at radius 2 is 2.29 bits per heavy atom. The van der Waals surface area contributed by atoms with Crippen molar-refractivity contribution in [3.05, 3.63) is 28.8 Å². The molecule has 1 unspecified atom stereocenters. The van der Waals surface area contributed by atoms with Crippen LogP contribution in [-0.4, -0.2) is 18.2 Å². The Bertz CT molecular complexity index is 354. The highest BCUT2D eigenvalue weighted by Gasteiger charge is 2.17. The number of carboxylic acids is 1. The second kappa shape index (κ2) is 4.30. The van der Waals surface area contributed by atoms with Gasteiger partial charge in [-0.1, -0.05) is 11.6 Å². The topological polar surface area (TPSA) is 72.5 Å². The van der Waals surface area contributed by atoms with Crippen LogP contribution in [0.15, 0.2) is 18.2 Å². The number of nitrogens with two attached hydrogens (primary N) is 1. The Morgan fingerprint density at radius 3 is 2.79 bits per heavy atom. The first kappa shape index (κ1) is 10.8. The molecule has 5 heteroatoms. The lowest BCUT2D eigenvalue weighted by atomic mass is 10.1. The van der Waals surface area contributed by atoms with Crippen molar-refractivity contribution < 1.29 is 14.6 Å². The van der Waals surface area contributed by atoms with Gasteiger partial charge in [-0.15, -0.1) is 0 Å². The summed E-state index contributed by atoms with van der Waals surface area (Å²) in [7, 11) is 1.49. The summed E-state index contributed by atoms with van der Waals surface area (Å²) in [4.78, 5) is 10.6. The molecule has 0 aliphatic heterocycles. The van der Waals surface area contributed by atoms with Crippen molar-refractivity contribution in [3.8, 4) is 5.75 Å². The molecule has 1 aromatic rings. The number of carbonyl (C=O) groups is 1. The highest BCUT2D eigenvalue weighted by molar-refractivity contribution is 6.31. The van der Waals surface area contributed by atoms with Crippen LogP contribution in [0.1, 0.15) is 11.6 Å². The number of hydrogen-bond donors (Lipinski definition) is 2. The maximum Gasteiger partial charge on any atom is 0.325 e. The van der Waals surface area contributed by atoms with Crippen molar-refractivity contribution in [3.63, 3.8) is 0 Å². The van der Waals surface area contributed by atoms with E-state index in [1.165, 1.54) is 13.2 Å². The van der Waals surface area contributed by atoms with Gasteiger partial charge in [0.1, 0.15) is 11.8 Å². The molecule has 1 atom stereocenters. The third kappa shape index (κ3) is 2.16. The number of hydrogen-bond acceptors (Lipinski definition) is 3. The predicted molar refractivity (Wildman–Crippen MR) is 52.6 cm³/mol. The van der Waals surface area contributed by atoms with Crippen LogP contribution in [0.4, 0.5) is 0 Å². The van der Waals surface area contributed by atoms with E-state index in [4.69, 9.17) is 27.2 Å². The van der Waals surface area contributed by atoms with E-state index in [2.05, 4.69) is 0 Å². The van der Waals surface area contributed by atoms with Gasteiger partial charge in [0.15, 0.2) is 0 Å². The van der Waals surface area contributed by atoms with E-state index < -0.39 is 12.0 Å². The number of aliphatic carboxylic acids is 1. The summed E-state index contributed by atoms with van der Waals surface area (Å²) >= 11 is 5.79. The number of ether oxygens (including phenoxy) is 1. The van der Waals surface area contributed by atoms with Crippen LogP contribution in [-0.2, 0) is 4.79 Å². The third-order valence-corrected chi connectivity index (χ3v) is 2.15. The number of benzene rings is 1. The van der Waals surface area contributed by atoms with Gasteiger partial charge in [0, 0.05) is 10.6 Å². The van der Waals surface area contributed by atoms with Crippen molar-refractivity contribution in [2.75, 3.05) is 7.11 Å². The maximum atomic E-state index is 10.6. The lowest BCUT2D eigenvalue weighted by Gasteiger charge is -2.10. The number of carboxylic acid groups (broad SMARTS) is 1. The predicted octanol–water partition coefficient (Wildman–Crippen LogP) is 1.43. The van der Waals surface area contributed by atoms with Crippen molar-refractivity contribution >= 4 is 17.6 Å². The summed E-state index contributed by atoms with van der Waals surface area (Å²) in [6, 6.07) is 3.58. The van der Waals surface area contributed by atoms with Crippen LogP contribution in [0.3, 0.4) is 0 Å². The lowest BCUT2D eigenvalue weighted by Crippen LogP contribution is -2.20. The summed E-state index contributed by atoms with van der Waals surface area (Å²) < 4.78 is 4.93. The molecule has 0 fully saturated rings. The smallest absolute Gasteiger partial charge is 0.325 e. The van der Waals surface area contributed by atoms with Gasteiger partial charge in [0.2, 0.25) is 0 Å². The van der Waals surface area contributed by atoms with Crippen LogP contribution < -0.4 is 10.5 Å². The Morgan fingerprint density at radius 1 is 1.64 bits per heavy atom. The normalized spacial score (nSPS) is 12.2. The molecule has 0 aromatic heterocycles. The van der Waals surface area contributed by atoms with Crippen molar-refractivity contribution in [1.82, 2.24) is 0 Å². The van der Waals surface area contributed by atoms with Crippen LogP contribution >= 0.6 is 11.6 Å². The molecule has 0 spiro atoms. The van der Waals surface area contributed by atoms with Crippen molar-refractivity contribution in [2.45, 2.75) is 6.04 Å². The average Bonchev–Trinajstić information content (AvgIpc) is 2.17. The number of rotatable bonds is 3. The molecule has 3 N–H and O–H groups in total. The van der Waals surface area contributed by atoms with E-state index in [1.807, 2.05) is 0 Å². The van der Waals surface area contributed by atoms with Crippen LogP contribution in [0, 0.1) is 0 Å². The highest BCUT2D eigenvalue weighted by Crippen LogP contribution is 2.26. The minimum atomic E-state index is -1.13. The molecule has 0 aliphatic carbocycles. The van der Waals surface area contributed by atoms with Gasteiger partial charge >= 0.3 is 5.97 Å². The fourth-order valence-electron chi connectivity index (χ4n) is 1.02. The fourth-order valence-corrected chi connectivity index (χ4v) is 1.26. The molecule has 76 valence electrons. The Hall–Kier alpha value is -1.26. The minimum absolute atomic E-state index is 0.320. The van der Waals surface area contributed by atoms with Crippen molar-refractivity contribution in [2.24, 2.45) is 5.73 Å². The summed E-state index contributed by atoms with van der Waals surface area (Å²) in [5, 5.41) is 9.02. The average molecular weight is 216 g/mol. The first-order chi connectivity index (χ1) is 6.56. The fraction of sp³-hybridized carbons (Fsp3) is 0.222. The van der Waals surface area contributed by atoms with E-state index in [9.17, 15) is 4.79 Å². The first-order valence-electron chi connectivity index (χ1n) is 3.88. The Kier molecular flexibility index (Phi) is 3.33. The second-order valence-electron chi connectivity index (χ2n) is 2.70. The minimum Gasteiger partial charge on any atom is -0.497 e. The molecule has 0 aliphatic rings. The zero-order valence-corrected chi connectivity index (χ0v) is 8.28. The van der Waals surface area contributed by atoms with Crippen LogP contribution in [0.25, 0.3) is 0 Å². The molecule has 1 aromatic carbocycles. The zero-order chi connectivity index (χ0) is 10.7. The van der Waals surface area contributed by atoms with Crippen LogP contribution in [0.5, 0.6) is 5.75 Å². The number of methoxy groups -OCH3 is 1. The molecule has 4 nitrogen and oxygen atoms in total. The number of halogens is 1. The van der Waals surface area contributed by atoms with E-state index in [0.29, 0.717) is 16.3 Å². The second-order valence-corrected chi connectivity index (χ2v) is 3.11. The molecule has 14 heavy (non-hydrogen) atoms. The Labute approximate surface area is 86.2 Å². The molecular formula is C9H10ClNO3. The molecule has 0 heterocycles. The molecule has 0 radical (unpaired) electrons. The largest absolute Gasteiger partial charge is 0.497 e. The molecule has 0 bridgehead atoms. The SMILES string of the molecule is COc1ccc(Cl)c(C(N)C(=O)O)c1. The Balaban J connectivity index is 3.11.